The number of carboxylic acid groups (broad SMARTS) is 1. The van der Waals surface area contributed by atoms with Gasteiger partial charge in [0.05, 0.1) is 50.6 Å². The van der Waals surface area contributed by atoms with Gasteiger partial charge in [0.15, 0.2) is 11.5 Å². The number of ether oxygens (including phenoxy) is 4. The van der Waals surface area contributed by atoms with Crippen LogP contribution < -0.4 is 9.47 Å². The molecule has 0 amide bonds. The summed E-state index contributed by atoms with van der Waals surface area (Å²) in [5, 5.41) is 9.78. The minimum absolute atomic E-state index is 0.0252. The molecular weight excluding hydrogens is 586 g/mol. The van der Waals surface area contributed by atoms with E-state index in [0.717, 1.165) is 40.1 Å². The third-order valence-corrected chi connectivity index (χ3v) is 8.46. The number of nitrogens with zero attached hydrogens (tertiary/aromatic N) is 5. The highest BCUT2D eigenvalue weighted by Gasteiger charge is 2.25. The Morgan fingerprint density at radius 2 is 1.96 bits per heavy atom. The lowest BCUT2D eigenvalue weighted by Gasteiger charge is -2.27. The first-order valence-electron chi connectivity index (χ1n) is 15.1. The highest BCUT2D eigenvalue weighted by atomic mass is 16.5. The van der Waals surface area contributed by atoms with Crippen LogP contribution in [0.15, 0.2) is 60.8 Å². The number of hydrogen-bond acceptors (Lipinski definition) is 8. The van der Waals surface area contributed by atoms with E-state index in [4.69, 9.17) is 30.5 Å². The van der Waals surface area contributed by atoms with Crippen LogP contribution in [0.25, 0.3) is 27.3 Å². The fourth-order valence-electron chi connectivity index (χ4n) is 5.86. The Bertz CT molecular complexity index is 1990. The number of rotatable bonds is 6. The van der Waals surface area contributed by atoms with Crippen LogP contribution in [-0.2, 0) is 42.1 Å². The van der Waals surface area contributed by atoms with E-state index in [0.29, 0.717) is 80.0 Å². The lowest BCUT2D eigenvalue weighted by molar-refractivity contribution is -0.0589. The van der Waals surface area contributed by atoms with Crippen LogP contribution in [0.5, 0.6) is 11.6 Å². The van der Waals surface area contributed by atoms with E-state index in [2.05, 4.69) is 19.4 Å². The van der Waals surface area contributed by atoms with Crippen molar-refractivity contribution in [2.75, 3.05) is 20.3 Å². The molecule has 7 rings (SSSR count). The topological polar surface area (TPSA) is 122 Å². The maximum absolute atomic E-state index is 11.9. The van der Waals surface area contributed by atoms with Crippen LogP contribution in [-0.4, -0.2) is 57.0 Å². The van der Waals surface area contributed by atoms with Gasteiger partial charge < -0.3 is 28.6 Å². The minimum atomic E-state index is -1.03. The third kappa shape index (κ3) is 5.88. The Labute approximate surface area is 265 Å². The van der Waals surface area contributed by atoms with Gasteiger partial charge in [0.1, 0.15) is 23.7 Å². The molecule has 5 aromatic rings. The Hall–Kier alpha value is -5.31. The summed E-state index contributed by atoms with van der Waals surface area (Å²) in [5.41, 5.74) is 6.76. The Balaban J connectivity index is 1.27. The second-order valence-corrected chi connectivity index (χ2v) is 11.3. The van der Waals surface area contributed by atoms with Crippen molar-refractivity contribution in [1.82, 2.24) is 19.5 Å². The van der Waals surface area contributed by atoms with E-state index >= 15 is 0 Å². The Kier molecular flexibility index (Phi) is 8.05. The number of imidazole rings is 1. The summed E-state index contributed by atoms with van der Waals surface area (Å²) in [6.45, 7) is 9.82. The summed E-state index contributed by atoms with van der Waals surface area (Å²) >= 11 is 0. The monoisotopic (exact) mass is 617 g/mol. The zero-order valence-corrected chi connectivity index (χ0v) is 25.2. The fraction of sp³-hybridized carbons (Fsp3) is 0.286. The summed E-state index contributed by atoms with van der Waals surface area (Å²) in [4.78, 5) is 29.7. The van der Waals surface area contributed by atoms with Crippen molar-refractivity contribution in [3.63, 3.8) is 0 Å². The second kappa shape index (κ2) is 12.6. The number of aromatic carboxylic acids is 1. The molecule has 2 aliphatic rings. The molecule has 4 heterocycles. The van der Waals surface area contributed by atoms with Crippen LogP contribution >= 0.6 is 0 Å². The number of hydrogen-bond donors (Lipinski definition) is 1. The summed E-state index contributed by atoms with van der Waals surface area (Å²) in [7, 11) is 1.52. The first kappa shape index (κ1) is 29.4. The fourth-order valence-corrected chi connectivity index (χ4v) is 5.86. The van der Waals surface area contributed by atoms with Gasteiger partial charge in [0, 0.05) is 30.9 Å². The van der Waals surface area contributed by atoms with Gasteiger partial charge in [-0.3, -0.25) is 0 Å². The average molecular weight is 618 g/mol. The van der Waals surface area contributed by atoms with Crippen LogP contribution in [0.2, 0.25) is 0 Å². The van der Waals surface area contributed by atoms with E-state index in [-0.39, 0.29) is 11.7 Å². The molecule has 232 valence electrons. The van der Waals surface area contributed by atoms with Crippen molar-refractivity contribution < 1.29 is 28.8 Å². The van der Waals surface area contributed by atoms with Crippen molar-refractivity contribution in [1.29, 1.82) is 0 Å². The third-order valence-electron chi connectivity index (χ3n) is 8.46. The van der Waals surface area contributed by atoms with Crippen molar-refractivity contribution in [2.24, 2.45) is 0 Å². The standard InChI is InChI=1S/C35H31N5O6/c1-36-27-6-5-24-20-46-32-7-10-37-34(39-32)23-4-3-21(26(13-23)19-44-11-8-22(24)14-27)17-31-38-33-29(40(31)18-28-9-12-45-28)15-25(35(41)42)16-30(33)43-2/h3-7,10,13-16,28H,8-9,11-12,17-20H2,2H3,(H,41,42)/t28-/m0/s1. The molecule has 1 fully saturated rings. The van der Waals surface area contributed by atoms with Crippen molar-refractivity contribution in [3.8, 4) is 23.0 Å². The van der Waals surface area contributed by atoms with Gasteiger partial charge in [-0.05, 0) is 53.3 Å². The largest absolute Gasteiger partial charge is 0.494 e. The van der Waals surface area contributed by atoms with Gasteiger partial charge in [-0.25, -0.2) is 19.6 Å². The molecule has 1 N–H and O–H groups in total. The maximum atomic E-state index is 11.9. The molecule has 46 heavy (non-hydrogen) atoms. The normalized spacial score (nSPS) is 16.0. The quantitative estimate of drug-likeness (QED) is 0.236. The van der Waals surface area contributed by atoms with Crippen LogP contribution in [0.3, 0.4) is 0 Å². The molecule has 0 saturated carbocycles. The van der Waals surface area contributed by atoms with Gasteiger partial charge in [-0.15, -0.1) is 0 Å². The SMILES string of the molecule is [C-]#[N+]c1ccc2c(c1)CCOCc1cc(ccc1Cc1nc3c(OC)cc(C(=O)O)cc3n1C[C@@H]1CCO1)-c1nccc(n1)OC2. The van der Waals surface area contributed by atoms with E-state index in [1.54, 1.807) is 24.4 Å². The van der Waals surface area contributed by atoms with Crippen molar-refractivity contribution in [3.05, 3.63) is 106 Å². The van der Waals surface area contributed by atoms with Gasteiger partial charge in [-0.1, -0.05) is 30.3 Å². The summed E-state index contributed by atoms with van der Waals surface area (Å²) < 4.78 is 25.7. The zero-order valence-electron chi connectivity index (χ0n) is 25.2. The molecule has 0 radical (unpaired) electrons. The molecule has 0 spiro atoms. The zero-order chi connectivity index (χ0) is 31.6. The molecule has 11 nitrogen and oxygen atoms in total. The highest BCUT2D eigenvalue weighted by Crippen LogP contribution is 2.32. The minimum Gasteiger partial charge on any atom is -0.494 e. The molecule has 4 bridgehead atoms. The molecule has 1 atom stereocenters. The van der Waals surface area contributed by atoms with Gasteiger partial charge in [-0.2, -0.15) is 4.98 Å². The molecule has 2 aromatic heterocycles. The number of aromatic nitrogens is 4. The summed E-state index contributed by atoms with van der Waals surface area (Å²) in [5.74, 6) is 1.14. The molecular formula is C35H31N5O6. The second-order valence-electron chi connectivity index (χ2n) is 11.3. The van der Waals surface area contributed by atoms with Gasteiger partial charge in [0.25, 0.3) is 0 Å². The highest BCUT2D eigenvalue weighted by molar-refractivity contribution is 5.95. The smallest absolute Gasteiger partial charge is 0.335 e. The Morgan fingerprint density at radius 3 is 2.74 bits per heavy atom. The van der Waals surface area contributed by atoms with E-state index in [1.165, 1.54) is 13.2 Å². The molecule has 11 heteroatoms. The van der Waals surface area contributed by atoms with Crippen LogP contribution in [0.1, 0.15) is 44.9 Å². The average Bonchev–Trinajstić information content (AvgIpc) is 3.40. The number of carboxylic acids is 1. The Morgan fingerprint density at radius 1 is 1.07 bits per heavy atom. The summed E-state index contributed by atoms with van der Waals surface area (Å²) in [6, 6.07) is 16.6. The lowest BCUT2D eigenvalue weighted by Crippen LogP contribution is -2.31. The molecule has 0 aliphatic carbocycles. The number of carbonyl (C=O) groups is 1. The van der Waals surface area contributed by atoms with Crippen molar-refractivity contribution in [2.45, 2.75) is 45.1 Å². The van der Waals surface area contributed by atoms with E-state index in [1.807, 2.05) is 30.3 Å². The molecule has 2 aliphatic heterocycles. The number of fused-ring (bicyclic) bond motifs is 7. The number of methoxy groups -OCH3 is 1. The molecule has 1 saturated heterocycles. The number of benzene rings is 3. The van der Waals surface area contributed by atoms with Crippen LogP contribution in [0, 0.1) is 6.57 Å². The van der Waals surface area contributed by atoms with Gasteiger partial charge >= 0.3 is 5.97 Å². The first-order valence-corrected chi connectivity index (χ1v) is 15.1. The molecule has 0 unspecified atom stereocenters. The van der Waals surface area contributed by atoms with E-state index < -0.39 is 5.97 Å². The molecule has 3 aromatic carbocycles. The van der Waals surface area contributed by atoms with E-state index in [9.17, 15) is 9.90 Å². The predicted molar refractivity (Wildman–Crippen MR) is 168 cm³/mol. The first-order chi connectivity index (χ1) is 22.5. The van der Waals surface area contributed by atoms with Crippen molar-refractivity contribution >= 4 is 22.7 Å². The summed E-state index contributed by atoms with van der Waals surface area (Å²) in [6.07, 6.45) is 3.71. The predicted octanol–water partition coefficient (Wildman–Crippen LogP) is 5.78. The van der Waals surface area contributed by atoms with Gasteiger partial charge in [0.2, 0.25) is 5.88 Å². The van der Waals surface area contributed by atoms with Crippen LogP contribution in [0.4, 0.5) is 5.69 Å². The maximum Gasteiger partial charge on any atom is 0.335 e. The lowest BCUT2D eigenvalue weighted by atomic mass is 10.0.